The summed E-state index contributed by atoms with van der Waals surface area (Å²) >= 11 is 0. The largest absolute Gasteiger partial charge is 0.360 e. The SMILES string of the molecule is O=C(c1c[nH]c2ccccc12)N1C[C@H]2C[C@@H](C1)[C@H](CC1CCCCC1)N1C(=O)CCC[C@@H]21. The number of aromatic nitrogens is 1. The summed E-state index contributed by atoms with van der Waals surface area (Å²) in [6.07, 6.45) is 13.7. The highest BCUT2D eigenvalue weighted by molar-refractivity contribution is 6.06. The summed E-state index contributed by atoms with van der Waals surface area (Å²) in [5.74, 6) is 2.13. The maximum absolute atomic E-state index is 13.7. The van der Waals surface area contributed by atoms with E-state index < -0.39 is 0 Å². The Morgan fingerprint density at radius 2 is 1.81 bits per heavy atom. The zero-order valence-electron chi connectivity index (χ0n) is 19.0. The molecule has 5 nitrogen and oxygen atoms in total. The number of carbonyl (C=O) groups is 2. The number of benzene rings is 1. The van der Waals surface area contributed by atoms with E-state index in [1.54, 1.807) is 0 Å². The summed E-state index contributed by atoms with van der Waals surface area (Å²) in [7, 11) is 0. The summed E-state index contributed by atoms with van der Waals surface area (Å²) in [4.78, 5) is 34.5. The number of H-pyrrole nitrogens is 1. The number of fused-ring (bicyclic) bond motifs is 5. The molecule has 0 radical (unpaired) electrons. The molecule has 1 N–H and O–H groups in total. The molecule has 1 aromatic heterocycles. The minimum Gasteiger partial charge on any atom is -0.360 e. The fraction of sp³-hybridized carbons (Fsp3) is 0.630. The van der Waals surface area contributed by atoms with Crippen molar-refractivity contribution in [3.63, 3.8) is 0 Å². The first kappa shape index (κ1) is 20.3. The average Bonchev–Trinajstić information content (AvgIpc) is 3.26. The molecular weight excluding hydrogens is 398 g/mol. The Bertz CT molecular complexity index is 1010. The van der Waals surface area contributed by atoms with Crippen LogP contribution < -0.4 is 0 Å². The molecule has 5 heteroatoms. The van der Waals surface area contributed by atoms with Crippen molar-refractivity contribution in [2.75, 3.05) is 13.1 Å². The van der Waals surface area contributed by atoms with E-state index in [1.807, 2.05) is 30.5 Å². The van der Waals surface area contributed by atoms with E-state index in [-0.39, 0.29) is 5.91 Å². The Balaban J connectivity index is 1.28. The zero-order valence-corrected chi connectivity index (χ0v) is 19.0. The van der Waals surface area contributed by atoms with Gasteiger partial charge in [0.25, 0.3) is 5.91 Å². The molecule has 4 fully saturated rings. The van der Waals surface area contributed by atoms with Crippen LogP contribution in [0.3, 0.4) is 0 Å². The van der Waals surface area contributed by atoms with Gasteiger partial charge in [-0.15, -0.1) is 0 Å². The first-order chi connectivity index (χ1) is 15.7. The molecule has 170 valence electrons. The van der Waals surface area contributed by atoms with Gasteiger partial charge < -0.3 is 14.8 Å². The molecule has 32 heavy (non-hydrogen) atoms. The van der Waals surface area contributed by atoms with Crippen molar-refractivity contribution in [3.05, 3.63) is 36.0 Å². The highest BCUT2D eigenvalue weighted by atomic mass is 16.2. The topological polar surface area (TPSA) is 56.4 Å². The van der Waals surface area contributed by atoms with Crippen LogP contribution in [0.5, 0.6) is 0 Å². The first-order valence-electron chi connectivity index (χ1n) is 12.9. The molecule has 1 aliphatic carbocycles. The van der Waals surface area contributed by atoms with Crippen LogP contribution >= 0.6 is 0 Å². The van der Waals surface area contributed by atoms with Crippen LogP contribution in [0.1, 0.15) is 74.6 Å². The van der Waals surface area contributed by atoms with Gasteiger partial charge >= 0.3 is 0 Å². The summed E-state index contributed by atoms with van der Waals surface area (Å²) in [6.45, 7) is 1.59. The summed E-state index contributed by atoms with van der Waals surface area (Å²) in [5.41, 5.74) is 1.81. The highest BCUT2D eigenvalue weighted by Crippen LogP contribution is 2.45. The molecule has 0 spiro atoms. The highest BCUT2D eigenvalue weighted by Gasteiger charge is 2.50. The second kappa shape index (κ2) is 8.24. The third-order valence-corrected chi connectivity index (χ3v) is 8.90. The van der Waals surface area contributed by atoms with Gasteiger partial charge in [-0.25, -0.2) is 0 Å². The van der Waals surface area contributed by atoms with Crippen LogP contribution in [0, 0.1) is 17.8 Å². The number of hydrogen-bond acceptors (Lipinski definition) is 2. The van der Waals surface area contributed by atoms with Gasteiger partial charge in [-0.1, -0.05) is 50.3 Å². The number of likely N-dealkylation sites (tertiary alicyclic amines) is 1. The number of nitrogens with zero attached hydrogens (tertiary/aromatic N) is 2. The number of aromatic amines is 1. The molecule has 3 aliphatic heterocycles. The maximum atomic E-state index is 13.7. The fourth-order valence-corrected chi connectivity index (χ4v) is 7.43. The van der Waals surface area contributed by atoms with Gasteiger partial charge in [0.1, 0.15) is 0 Å². The molecule has 3 saturated heterocycles. The molecule has 0 unspecified atom stereocenters. The number of rotatable bonds is 3. The normalized spacial score (nSPS) is 31.1. The molecule has 2 bridgehead atoms. The van der Waals surface area contributed by atoms with Crippen LogP contribution in [0.4, 0.5) is 0 Å². The number of piperidine rings is 3. The van der Waals surface area contributed by atoms with E-state index in [2.05, 4.69) is 14.8 Å². The minimum atomic E-state index is 0.157. The third kappa shape index (κ3) is 3.45. The van der Waals surface area contributed by atoms with E-state index in [0.717, 1.165) is 61.2 Å². The summed E-state index contributed by atoms with van der Waals surface area (Å²) in [6, 6.07) is 8.73. The average molecular weight is 434 g/mol. The van der Waals surface area contributed by atoms with E-state index in [1.165, 1.54) is 38.5 Å². The van der Waals surface area contributed by atoms with E-state index in [0.29, 0.717) is 29.8 Å². The summed E-state index contributed by atoms with van der Waals surface area (Å²) < 4.78 is 0. The van der Waals surface area contributed by atoms with Crippen molar-refractivity contribution in [2.45, 2.75) is 76.3 Å². The lowest BCUT2D eigenvalue weighted by atomic mass is 9.69. The van der Waals surface area contributed by atoms with Crippen LogP contribution in [-0.4, -0.2) is 51.8 Å². The molecular formula is C27H35N3O2. The lowest BCUT2D eigenvalue weighted by Gasteiger charge is -2.57. The predicted molar refractivity (Wildman–Crippen MR) is 125 cm³/mol. The molecule has 1 saturated carbocycles. The van der Waals surface area contributed by atoms with Crippen molar-refractivity contribution in [2.24, 2.45) is 17.8 Å². The van der Waals surface area contributed by atoms with Crippen molar-refractivity contribution in [1.29, 1.82) is 0 Å². The van der Waals surface area contributed by atoms with Crippen molar-refractivity contribution in [3.8, 4) is 0 Å². The molecule has 4 aliphatic rings. The van der Waals surface area contributed by atoms with Gasteiger partial charge in [0.2, 0.25) is 5.91 Å². The van der Waals surface area contributed by atoms with Gasteiger partial charge in [-0.2, -0.15) is 0 Å². The number of amides is 2. The number of hydrogen-bond donors (Lipinski definition) is 1. The Hall–Kier alpha value is -2.30. The van der Waals surface area contributed by atoms with Gasteiger partial charge in [0, 0.05) is 48.7 Å². The van der Waals surface area contributed by atoms with Gasteiger partial charge in [0.05, 0.1) is 5.56 Å². The number of para-hydroxylation sites is 1. The Labute approximate surface area is 190 Å². The second-order valence-electron chi connectivity index (χ2n) is 10.8. The molecule has 4 atom stereocenters. The summed E-state index contributed by atoms with van der Waals surface area (Å²) in [5, 5.41) is 1.02. The zero-order chi connectivity index (χ0) is 21.7. The molecule has 1 aromatic carbocycles. The molecule has 4 heterocycles. The van der Waals surface area contributed by atoms with E-state index in [4.69, 9.17) is 0 Å². The third-order valence-electron chi connectivity index (χ3n) is 8.90. The van der Waals surface area contributed by atoms with Crippen LogP contribution in [-0.2, 0) is 4.79 Å². The van der Waals surface area contributed by atoms with E-state index >= 15 is 0 Å². The monoisotopic (exact) mass is 433 g/mol. The van der Waals surface area contributed by atoms with Gasteiger partial charge in [-0.05, 0) is 49.5 Å². The number of nitrogens with one attached hydrogen (secondary N) is 1. The van der Waals surface area contributed by atoms with Crippen LogP contribution in [0.2, 0.25) is 0 Å². The minimum absolute atomic E-state index is 0.157. The fourth-order valence-electron chi connectivity index (χ4n) is 7.43. The van der Waals surface area contributed by atoms with Crippen molar-refractivity contribution >= 4 is 22.7 Å². The molecule has 2 aromatic rings. The second-order valence-corrected chi connectivity index (χ2v) is 10.8. The standard InChI is InChI=1S/C27H35N3O2/c31-26-12-6-11-24-19-14-20(25(30(24)26)13-18-7-2-1-3-8-18)17-29(16-19)27(32)22-15-28-23-10-5-4-9-21(22)23/h4-5,9-10,15,18-20,24-25,28H,1-3,6-8,11-14,16-17H2/t19-,20+,24+,25+/m1/s1. The Kier molecular flexibility index (Phi) is 5.23. The molecule has 2 amide bonds. The lowest BCUT2D eigenvalue weighted by molar-refractivity contribution is -0.153. The van der Waals surface area contributed by atoms with E-state index in [9.17, 15) is 9.59 Å². The van der Waals surface area contributed by atoms with Crippen LogP contribution in [0.15, 0.2) is 30.5 Å². The maximum Gasteiger partial charge on any atom is 0.256 e. The lowest BCUT2D eigenvalue weighted by Crippen LogP contribution is -2.65. The van der Waals surface area contributed by atoms with Gasteiger partial charge in [-0.3, -0.25) is 9.59 Å². The van der Waals surface area contributed by atoms with Crippen LogP contribution in [0.25, 0.3) is 10.9 Å². The predicted octanol–water partition coefficient (Wildman–Crippen LogP) is 4.98. The van der Waals surface area contributed by atoms with Crippen molar-refractivity contribution < 1.29 is 9.59 Å². The van der Waals surface area contributed by atoms with Crippen molar-refractivity contribution in [1.82, 2.24) is 14.8 Å². The van der Waals surface area contributed by atoms with Gasteiger partial charge in [0.15, 0.2) is 0 Å². The Morgan fingerprint density at radius 1 is 1.00 bits per heavy atom. The smallest absolute Gasteiger partial charge is 0.256 e. The molecule has 6 rings (SSSR count). The quantitative estimate of drug-likeness (QED) is 0.742. The number of carbonyl (C=O) groups excluding carboxylic acids is 2. The first-order valence-corrected chi connectivity index (χ1v) is 12.9. The Morgan fingerprint density at radius 3 is 2.69 bits per heavy atom.